The quantitative estimate of drug-likeness (QED) is 0.745. The van der Waals surface area contributed by atoms with Gasteiger partial charge in [0.25, 0.3) is 0 Å². The van der Waals surface area contributed by atoms with Crippen LogP contribution in [0.5, 0.6) is 5.75 Å². The summed E-state index contributed by atoms with van der Waals surface area (Å²) in [6.07, 6.45) is -0.0182. The summed E-state index contributed by atoms with van der Waals surface area (Å²) >= 11 is 3.45. The molecule has 0 spiro atoms. The fourth-order valence-electron chi connectivity index (χ4n) is 1.51. The van der Waals surface area contributed by atoms with Gasteiger partial charge in [-0.15, -0.1) is 0 Å². The first-order valence-electron chi connectivity index (χ1n) is 5.74. The van der Waals surface area contributed by atoms with Gasteiger partial charge in [0.15, 0.2) is 0 Å². The van der Waals surface area contributed by atoms with E-state index in [-0.39, 0.29) is 0 Å². The topological polar surface area (TPSA) is 47.9 Å². The molecule has 0 aliphatic carbocycles. The predicted octanol–water partition coefficient (Wildman–Crippen LogP) is 2.02. The van der Waals surface area contributed by atoms with Crippen molar-refractivity contribution in [3.05, 3.63) is 28.2 Å². The van der Waals surface area contributed by atoms with Gasteiger partial charge in [0.2, 0.25) is 0 Å². The lowest BCUT2D eigenvalue weighted by Gasteiger charge is -2.13. The summed E-state index contributed by atoms with van der Waals surface area (Å²) in [5.74, 6) is 0.778. The van der Waals surface area contributed by atoms with Crippen molar-refractivity contribution >= 4 is 15.9 Å². The molecule has 0 saturated carbocycles. The third kappa shape index (κ3) is 5.35. The van der Waals surface area contributed by atoms with Gasteiger partial charge < -0.3 is 19.3 Å². The van der Waals surface area contributed by atoms with E-state index in [1.54, 1.807) is 14.2 Å². The Labute approximate surface area is 116 Å². The highest BCUT2D eigenvalue weighted by molar-refractivity contribution is 9.10. The van der Waals surface area contributed by atoms with Crippen LogP contribution in [0.25, 0.3) is 0 Å². The molecule has 1 atom stereocenters. The molecule has 1 rings (SSSR count). The molecule has 18 heavy (non-hydrogen) atoms. The van der Waals surface area contributed by atoms with Crippen molar-refractivity contribution in [1.29, 1.82) is 0 Å². The Kier molecular flexibility index (Phi) is 7.27. The number of aliphatic hydroxyl groups is 1. The summed E-state index contributed by atoms with van der Waals surface area (Å²) in [6.45, 7) is 1.33. The zero-order valence-corrected chi connectivity index (χ0v) is 12.3. The molecule has 0 aliphatic heterocycles. The molecule has 4 nitrogen and oxygen atoms in total. The van der Waals surface area contributed by atoms with E-state index in [4.69, 9.17) is 14.2 Å². The van der Waals surface area contributed by atoms with Crippen LogP contribution in [0, 0.1) is 0 Å². The molecular weight excluding hydrogens is 300 g/mol. The van der Waals surface area contributed by atoms with Gasteiger partial charge in [-0.1, -0.05) is 15.9 Å². The van der Waals surface area contributed by atoms with Crippen molar-refractivity contribution in [2.45, 2.75) is 12.5 Å². The second-order valence-electron chi connectivity index (χ2n) is 3.88. The van der Waals surface area contributed by atoms with Crippen molar-refractivity contribution in [3.8, 4) is 5.75 Å². The summed E-state index contributed by atoms with van der Waals surface area (Å²) in [7, 11) is 3.24. The van der Waals surface area contributed by atoms with Gasteiger partial charge in [-0.2, -0.15) is 0 Å². The summed E-state index contributed by atoms with van der Waals surface area (Å²) in [5, 5.41) is 9.86. The van der Waals surface area contributed by atoms with E-state index in [9.17, 15) is 5.11 Å². The van der Waals surface area contributed by atoms with Crippen molar-refractivity contribution in [2.75, 3.05) is 34.0 Å². The Morgan fingerprint density at radius 3 is 2.72 bits per heavy atom. The predicted molar refractivity (Wildman–Crippen MR) is 73.1 cm³/mol. The van der Waals surface area contributed by atoms with Crippen LogP contribution in [0.15, 0.2) is 22.7 Å². The van der Waals surface area contributed by atoms with Gasteiger partial charge in [0.1, 0.15) is 5.75 Å². The standard InChI is InChI=1S/C13H19BrO4/c1-16-5-6-18-9-11(15)7-10-8-12(17-2)3-4-13(10)14/h3-4,8,11,15H,5-7,9H2,1-2H3. The molecule has 5 heteroatoms. The number of hydrogen-bond donors (Lipinski definition) is 1. The van der Waals surface area contributed by atoms with Gasteiger partial charge in [0, 0.05) is 18.0 Å². The SMILES string of the molecule is COCCOCC(O)Cc1cc(OC)ccc1Br. The molecule has 0 saturated heterocycles. The zero-order valence-electron chi connectivity index (χ0n) is 10.7. The molecule has 1 N–H and O–H groups in total. The molecule has 0 heterocycles. The third-order valence-electron chi connectivity index (χ3n) is 2.45. The molecule has 1 aromatic rings. The van der Waals surface area contributed by atoms with Crippen LogP contribution >= 0.6 is 15.9 Å². The second kappa shape index (κ2) is 8.48. The van der Waals surface area contributed by atoms with Crippen LogP contribution in [0.3, 0.4) is 0 Å². The number of benzene rings is 1. The maximum atomic E-state index is 9.86. The number of rotatable bonds is 8. The number of halogens is 1. The average Bonchev–Trinajstić information content (AvgIpc) is 2.37. The number of hydrogen-bond acceptors (Lipinski definition) is 4. The first kappa shape index (κ1) is 15.4. The molecule has 1 unspecified atom stereocenters. The minimum Gasteiger partial charge on any atom is -0.497 e. The first-order valence-corrected chi connectivity index (χ1v) is 6.53. The van der Waals surface area contributed by atoms with Crippen LogP contribution in [-0.4, -0.2) is 45.3 Å². The largest absolute Gasteiger partial charge is 0.497 e. The van der Waals surface area contributed by atoms with Crippen molar-refractivity contribution in [1.82, 2.24) is 0 Å². The summed E-state index contributed by atoms with van der Waals surface area (Å²) in [4.78, 5) is 0. The number of methoxy groups -OCH3 is 2. The van der Waals surface area contributed by atoms with Crippen molar-refractivity contribution in [3.63, 3.8) is 0 Å². The average molecular weight is 319 g/mol. The van der Waals surface area contributed by atoms with Crippen LogP contribution in [0.4, 0.5) is 0 Å². The summed E-state index contributed by atoms with van der Waals surface area (Å²) in [5.41, 5.74) is 0.997. The fourth-order valence-corrected chi connectivity index (χ4v) is 1.92. The second-order valence-corrected chi connectivity index (χ2v) is 4.74. The summed E-state index contributed by atoms with van der Waals surface area (Å²) in [6, 6.07) is 5.68. The van der Waals surface area contributed by atoms with E-state index in [1.807, 2.05) is 18.2 Å². The Bertz CT molecular complexity index is 357. The van der Waals surface area contributed by atoms with Gasteiger partial charge in [-0.05, 0) is 23.8 Å². The fraction of sp³-hybridized carbons (Fsp3) is 0.538. The van der Waals surface area contributed by atoms with Crippen LogP contribution in [0.1, 0.15) is 5.56 Å². The minimum atomic E-state index is -0.537. The Morgan fingerprint density at radius 1 is 1.28 bits per heavy atom. The van der Waals surface area contributed by atoms with E-state index < -0.39 is 6.10 Å². The minimum absolute atomic E-state index is 0.299. The molecule has 0 aromatic heterocycles. The van der Waals surface area contributed by atoms with Gasteiger partial charge in [-0.3, -0.25) is 0 Å². The van der Waals surface area contributed by atoms with Crippen LogP contribution in [-0.2, 0) is 15.9 Å². The molecular formula is C13H19BrO4. The van der Waals surface area contributed by atoms with Crippen LogP contribution < -0.4 is 4.74 Å². The molecule has 102 valence electrons. The lowest BCUT2D eigenvalue weighted by Crippen LogP contribution is -2.19. The van der Waals surface area contributed by atoms with E-state index in [0.29, 0.717) is 26.2 Å². The molecule has 0 amide bonds. The van der Waals surface area contributed by atoms with Gasteiger partial charge in [-0.25, -0.2) is 0 Å². The van der Waals surface area contributed by atoms with Crippen molar-refractivity contribution in [2.24, 2.45) is 0 Å². The summed E-state index contributed by atoms with van der Waals surface area (Å²) < 4.78 is 16.3. The number of aliphatic hydroxyl groups excluding tert-OH is 1. The van der Waals surface area contributed by atoms with Crippen molar-refractivity contribution < 1.29 is 19.3 Å². The Morgan fingerprint density at radius 2 is 2.06 bits per heavy atom. The lowest BCUT2D eigenvalue weighted by atomic mass is 10.1. The molecule has 1 aromatic carbocycles. The lowest BCUT2D eigenvalue weighted by molar-refractivity contribution is 0.0136. The molecule has 0 aliphatic rings. The highest BCUT2D eigenvalue weighted by Gasteiger charge is 2.09. The van der Waals surface area contributed by atoms with E-state index in [0.717, 1.165) is 15.8 Å². The molecule has 0 bridgehead atoms. The molecule has 0 radical (unpaired) electrons. The highest BCUT2D eigenvalue weighted by Crippen LogP contribution is 2.23. The van der Waals surface area contributed by atoms with Crippen LogP contribution in [0.2, 0.25) is 0 Å². The Hall–Kier alpha value is -0.620. The van der Waals surface area contributed by atoms with Gasteiger partial charge in [0.05, 0.1) is 33.0 Å². The normalized spacial score (nSPS) is 12.4. The zero-order chi connectivity index (χ0) is 13.4. The first-order chi connectivity index (χ1) is 8.67. The maximum absolute atomic E-state index is 9.86. The van der Waals surface area contributed by atoms with E-state index in [2.05, 4.69) is 15.9 Å². The smallest absolute Gasteiger partial charge is 0.119 e. The van der Waals surface area contributed by atoms with E-state index in [1.165, 1.54) is 0 Å². The Balaban J connectivity index is 2.45. The monoisotopic (exact) mass is 318 g/mol. The van der Waals surface area contributed by atoms with Gasteiger partial charge >= 0.3 is 0 Å². The number of ether oxygens (including phenoxy) is 3. The third-order valence-corrected chi connectivity index (χ3v) is 3.22. The highest BCUT2D eigenvalue weighted by atomic mass is 79.9. The molecule has 0 fully saturated rings. The van der Waals surface area contributed by atoms with E-state index >= 15 is 0 Å². The maximum Gasteiger partial charge on any atom is 0.119 e.